The number of nitrogens with zero attached hydrogens (tertiary/aromatic N) is 2. The van der Waals surface area contributed by atoms with E-state index >= 15 is 0 Å². The Bertz CT molecular complexity index is 851. The minimum absolute atomic E-state index is 0.0258. The van der Waals surface area contributed by atoms with E-state index in [0.717, 1.165) is 40.0 Å². The van der Waals surface area contributed by atoms with E-state index in [1.165, 1.54) is 0 Å². The SMILES string of the molecule is Cc1cc2c(cc1NC(=O)C1(C#N)CCCC1)sc(=O)n2C. The maximum absolute atomic E-state index is 12.5. The molecule has 1 aromatic carbocycles. The highest BCUT2D eigenvalue weighted by atomic mass is 32.1. The van der Waals surface area contributed by atoms with Crippen LogP contribution in [0.25, 0.3) is 10.2 Å². The van der Waals surface area contributed by atoms with Gasteiger partial charge in [-0.1, -0.05) is 24.2 Å². The second-order valence-corrected chi connectivity index (χ2v) is 6.91. The first kappa shape index (κ1) is 14.8. The number of nitrogens with one attached hydrogen (secondary N) is 1. The van der Waals surface area contributed by atoms with Crippen LogP contribution < -0.4 is 10.2 Å². The number of thiazole rings is 1. The number of rotatable bonds is 2. The summed E-state index contributed by atoms with van der Waals surface area (Å²) in [5.74, 6) is -0.224. The van der Waals surface area contributed by atoms with Gasteiger partial charge in [0.05, 0.1) is 16.3 Å². The molecule has 0 saturated heterocycles. The van der Waals surface area contributed by atoms with E-state index in [9.17, 15) is 14.9 Å². The molecular formula is C16H17N3O2S. The molecule has 0 atom stereocenters. The normalized spacial score (nSPS) is 16.6. The highest BCUT2D eigenvalue weighted by Gasteiger charge is 2.41. The number of carbonyl (C=O) groups excluding carboxylic acids is 1. The van der Waals surface area contributed by atoms with Gasteiger partial charge in [0.25, 0.3) is 0 Å². The molecule has 5 nitrogen and oxygen atoms in total. The van der Waals surface area contributed by atoms with Crippen LogP contribution in [0.4, 0.5) is 5.69 Å². The number of carbonyl (C=O) groups is 1. The summed E-state index contributed by atoms with van der Waals surface area (Å²) in [6.45, 7) is 1.89. The van der Waals surface area contributed by atoms with Crippen LogP contribution in [0.5, 0.6) is 0 Å². The fraction of sp³-hybridized carbons (Fsp3) is 0.438. The Balaban J connectivity index is 1.97. The van der Waals surface area contributed by atoms with Crippen LogP contribution >= 0.6 is 11.3 Å². The fourth-order valence-corrected chi connectivity index (χ4v) is 3.92. The molecule has 1 fully saturated rings. The van der Waals surface area contributed by atoms with Gasteiger partial charge in [-0.05, 0) is 37.5 Å². The third-order valence-corrected chi connectivity index (χ3v) is 5.49. The van der Waals surface area contributed by atoms with Gasteiger partial charge in [-0.2, -0.15) is 5.26 Å². The zero-order valence-corrected chi connectivity index (χ0v) is 13.4. The maximum atomic E-state index is 12.5. The number of hydrogen-bond donors (Lipinski definition) is 1. The zero-order chi connectivity index (χ0) is 15.9. The first-order valence-corrected chi connectivity index (χ1v) is 8.11. The second kappa shape index (κ2) is 5.25. The molecule has 1 amide bonds. The van der Waals surface area contributed by atoms with Crippen molar-refractivity contribution in [2.75, 3.05) is 5.32 Å². The first-order valence-electron chi connectivity index (χ1n) is 7.30. The molecule has 1 saturated carbocycles. The molecule has 0 bridgehead atoms. The van der Waals surface area contributed by atoms with Crippen LogP contribution in [0, 0.1) is 23.7 Å². The molecule has 0 spiro atoms. The molecule has 0 radical (unpaired) electrons. The molecule has 3 rings (SSSR count). The molecule has 1 heterocycles. The van der Waals surface area contributed by atoms with Crippen LogP contribution in [0.2, 0.25) is 0 Å². The van der Waals surface area contributed by atoms with Crippen molar-refractivity contribution in [3.05, 3.63) is 27.4 Å². The van der Waals surface area contributed by atoms with Crippen molar-refractivity contribution in [3.63, 3.8) is 0 Å². The second-order valence-electron chi connectivity index (χ2n) is 5.92. The largest absolute Gasteiger partial charge is 0.324 e. The van der Waals surface area contributed by atoms with Gasteiger partial charge in [-0.3, -0.25) is 9.59 Å². The minimum Gasteiger partial charge on any atom is -0.324 e. The molecule has 1 aliphatic rings. The maximum Gasteiger partial charge on any atom is 0.307 e. The van der Waals surface area contributed by atoms with Crippen molar-refractivity contribution in [2.24, 2.45) is 12.5 Å². The monoisotopic (exact) mass is 315 g/mol. The molecule has 2 aromatic rings. The predicted octanol–water partition coefficient (Wildman–Crippen LogP) is 2.93. The topological polar surface area (TPSA) is 74.9 Å². The van der Waals surface area contributed by atoms with E-state index in [1.807, 2.05) is 19.1 Å². The molecule has 1 N–H and O–H groups in total. The van der Waals surface area contributed by atoms with Crippen LogP contribution in [-0.4, -0.2) is 10.5 Å². The van der Waals surface area contributed by atoms with Crippen LogP contribution in [0.1, 0.15) is 31.2 Å². The Morgan fingerprint density at radius 2 is 2.09 bits per heavy atom. The van der Waals surface area contributed by atoms with E-state index in [-0.39, 0.29) is 10.8 Å². The molecule has 1 aliphatic carbocycles. The van der Waals surface area contributed by atoms with Crippen LogP contribution in [0.15, 0.2) is 16.9 Å². The van der Waals surface area contributed by atoms with Crippen molar-refractivity contribution in [2.45, 2.75) is 32.6 Å². The third kappa shape index (κ3) is 2.22. The summed E-state index contributed by atoms with van der Waals surface area (Å²) in [6.07, 6.45) is 3.07. The average Bonchev–Trinajstić information content (AvgIpc) is 3.08. The summed E-state index contributed by atoms with van der Waals surface area (Å²) < 4.78 is 2.44. The van der Waals surface area contributed by atoms with E-state index in [1.54, 1.807) is 11.6 Å². The van der Waals surface area contributed by atoms with E-state index < -0.39 is 5.41 Å². The lowest BCUT2D eigenvalue weighted by atomic mass is 9.87. The minimum atomic E-state index is -0.898. The number of fused-ring (bicyclic) bond motifs is 1. The summed E-state index contributed by atoms with van der Waals surface area (Å²) >= 11 is 1.16. The Labute approximate surface area is 132 Å². The fourth-order valence-electron chi connectivity index (χ4n) is 3.02. The van der Waals surface area contributed by atoms with Crippen molar-refractivity contribution < 1.29 is 4.79 Å². The van der Waals surface area contributed by atoms with Gasteiger partial charge in [-0.15, -0.1) is 0 Å². The van der Waals surface area contributed by atoms with E-state index in [2.05, 4.69) is 11.4 Å². The lowest BCUT2D eigenvalue weighted by Gasteiger charge is -2.20. The summed E-state index contributed by atoms with van der Waals surface area (Å²) in [5.41, 5.74) is 1.54. The van der Waals surface area contributed by atoms with Gasteiger partial charge in [-0.25, -0.2) is 0 Å². The first-order chi connectivity index (χ1) is 10.5. The number of aryl methyl sites for hydroxylation is 2. The van der Waals surface area contributed by atoms with Crippen molar-refractivity contribution >= 4 is 33.1 Å². The number of amides is 1. The Morgan fingerprint density at radius 3 is 2.73 bits per heavy atom. The summed E-state index contributed by atoms with van der Waals surface area (Å²) in [5, 5.41) is 12.3. The summed E-state index contributed by atoms with van der Waals surface area (Å²) in [4.78, 5) is 24.2. The lowest BCUT2D eigenvalue weighted by molar-refractivity contribution is -0.122. The Hall–Kier alpha value is -2.13. The van der Waals surface area contributed by atoms with Crippen LogP contribution in [-0.2, 0) is 11.8 Å². The summed E-state index contributed by atoms with van der Waals surface area (Å²) in [6, 6.07) is 5.93. The van der Waals surface area contributed by atoms with Gasteiger partial charge >= 0.3 is 4.87 Å². The zero-order valence-electron chi connectivity index (χ0n) is 12.6. The standard InChI is InChI=1S/C16H17N3O2S/c1-10-7-12-13(22-15(21)19(12)2)8-11(10)18-14(20)16(9-17)5-3-4-6-16/h7-8H,3-6H2,1-2H3,(H,18,20). The van der Waals surface area contributed by atoms with E-state index in [4.69, 9.17) is 0 Å². The van der Waals surface area contributed by atoms with Gasteiger partial charge in [0.15, 0.2) is 0 Å². The molecule has 0 aliphatic heterocycles. The Kier molecular flexibility index (Phi) is 3.53. The molecule has 6 heteroatoms. The lowest BCUT2D eigenvalue weighted by Crippen LogP contribution is -2.32. The molecule has 114 valence electrons. The molecular weight excluding hydrogens is 298 g/mol. The smallest absolute Gasteiger partial charge is 0.307 e. The number of nitriles is 1. The van der Waals surface area contributed by atoms with Gasteiger partial charge in [0, 0.05) is 12.7 Å². The molecule has 1 aromatic heterocycles. The number of anilines is 1. The number of benzene rings is 1. The van der Waals surface area contributed by atoms with Gasteiger partial charge in [0.2, 0.25) is 5.91 Å². The third-order valence-electron chi connectivity index (χ3n) is 4.49. The van der Waals surface area contributed by atoms with Gasteiger partial charge in [0.1, 0.15) is 5.41 Å². The van der Waals surface area contributed by atoms with E-state index in [0.29, 0.717) is 18.5 Å². The summed E-state index contributed by atoms with van der Waals surface area (Å²) in [7, 11) is 1.74. The highest BCUT2D eigenvalue weighted by molar-refractivity contribution is 7.16. The van der Waals surface area contributed by atoms with Crippen molar-refractivity contribution in [3.8, 4) is 6.07 Å². The molecule has 0 unspecified atom stereocenters. The van der Waals surface area contributed by atoms with Crippen molar-refractivity contribution in [1.82, 2.24) is 4.57 Å². The quantitative estimate of drug-likeness (QED) is 0.926. The van der Waals surface area contributed by atoms with Crippen molar-refractivity contribution in [1.29, 1.82) is 5.26 Å². The number of hydrogen-bond acceptors (Lipinski definition) is 4. The predicted molar refractivity (Wildman–Crippen MR) is 86.9 cm³/mol. The average molecular weight is 315 g/mol. The van der Waals surface area contributed by atoms with Crippen LogP contribution in [0.3, 0.4) is 0 Å². The highest BCUT2D eigenvalue weighted by Crippen LogP contribution is 2.39. The Morgan fingerprint density at radius 1 is 1.41 bits per heavy atom. The number of aromatic nitrogens is 1. The van der Waals surface area contributed by atoms with Gasteiger partial charge < -0.3 is 9.88 Å². The molecule has 22 heavy (non-hydrogen) atoms.